The second kappa shape index (κ2) is 27.7. The lowest BCUT2D eigenvalue weighted by molar-refractivity contribution is -0.121. The van der Waals surface area contributed by atoms with Crippen molar-refractivity contribution in [3.05, 3.63) is 0 Å². The fraction of sp³-hybridized carbons (Fsp3) is 0.826. The molecule has 0 bridgehead atoms. The van der Waals surface area contributed by atoms with Gasteiger partial charge in [0.2, 0.25) is 21.0 Å². The molecule has 0 unspecified atom stereocenters. The van der Waals surface area contributed by atoms with Crippen LogP contribution in [0.4, 0.5) is 0 Å². The number of carbonyl (C=O) groups is 4. The molecule has 0 atom stereocenters. The molecule has 0 amide bonds. The molecule has 0 rings (SSSR count). The first kappa shape index (κ1) is 40.7. The van der Waals surface area contributed by atoms with Crippen molar-refractivity contribution in [3.63, 3.8) is 0 Å². The largest absolute Gasteiger partial charge is 0.395 e. The third kappa shape index (κ3) is 28.8. The summed E-state index contributed by atoms with van der Waals surface area (Å²) in [7, 11) is 0. The average molecular weight is 647 g/mol. The van der Waals surface area contributed by atoms with Crippen molar-refractivity contribution in [1.82, 2.24) is 4.90 Å². The van der Waals surface area contributed by atoms with E-state index in [2.05, 4.69) is 0 Å². The minimum Gasteiger partial charge on any atom is -0.395 e. The Kier molecular flexibility index (Phi) is 28.9. The highest BCUT2D eigenvalue weighted by Crippen LogP contribution is 2.22. The highest BCUT2D eigenvalue weighted by molar-refractivity contribution is 6.64. The standard InChI is InChI=1S/C17H24Cl4O8.C6H15NO3/c18-13(22)1-5-26-9-17(10-27-6-2-14(19)23,11-28-7-3-15(20)24)12-29-8-4-16(21)25;8-4-1-7(2-5-9)3-6-10/h1-12H2;8-10H,1-6H2. The number of halogens is 4. The van der Waals surface area contributed by atoms with Gasteiger partial charge in [0, 0.05) is 45.3 Å². The summed E-state index contributed by atoms with van der Waals surface area (Å²) < 4.78 is 22.1. The predicted molar refractivity (Wildman–Crippen MR) is 145 cm³/mol. The molecule has 0 aliphatic rings. The summed E-state index contributed by atoms with van der Waals surface area (Å²) in [5, 5.41) is 23.3. The molecular formula is C23H39Cl4NO11. The SMILES string of the molecule is O=C(Cl)CCOCC(COCCC(=O)Cl)(COCCC(=O)Cl)COCCC(=O)Cl.OCCN(CCO)CCO. The topological polar surface area (TPSA) is 169 Å². The highest BCUT2D eigenvalue weighted by atomic mass is 35.5. The fourth-order valence-electron chi connectivity index (χ4n) is 2.77. The lowest BCUT2D eigenvalue weighted by Crippen LogP contribution is -2.42. The third-order valence-corrected chi connectivity index (χ3v) is 5.41. The van der Waals surface area contributed by atoms with E-state index < -0.39 is 26.4 Å². The zero-order valence-corrected chi connectivity index (χ0v) is 24.8. The number of nitrogens with zero attached hydrogens (tertiary/aromatic N) is 1. The quantitative estimate of drug-likeness (QED) is 0.0899. The van der Waals surface area contributed by atoms with E-state index in [1.165, 1.54) is 0 Å². The molecule has 39 heavy (non-hydrogen) atoms. The number of carbonyl (C=O) groups excluding carboxylic acids is 4. The molecule has 16 heteroatoms. The number of aliphatic hydroxyl groups excluding tert-OH is 3. The smallest absolute Gasteiger partial charge is 0.223 e. The van der Waals surface area contributed by atoms with Gasteiger partial charge in [-0.2, -0.15) is 0 Å². The minimum atomic E-state index is -0.852. The van der Waals surface area contributed by atoms with Crippen LogP contribution in [0.2, 0.25) is 0 Å². The van der Waals surface area contributed by atoms with Crippen LogP contribution >= 0.6 is 46.4 Å². The average Bonchev–Trinajstić information content (AvgIpc) is 2.85. The molecule has 3 N–H and O–H groups in total. The van der Waals surface area contributed by atoms with E-state index in [-0.39, 0.29) is 98.4 Å². The summed E-state index contributed by atoms with van der Waals surface area (Å²) in [5.74, 6) is 0. The van der Waals surface area contributed by atoms with Gasteiger partial charge in [-0.15, -0.1) is 0 Å². The second-order valence-electron chi connectivity index (χ2n) is 8.14. The Bertz CT molecular complexity index is 566. The Morgan fingerprint density at radius 3 is 0.923 bits per heavy atom. The van der Waals surface area contributed by atoms with Crippen LogP contribution in [-0.4, -0.2) is 133 Å². The maximum absolute atomic E-state index is 10.9. The Balaban J connectivity index is 0. The van der Waals surface area contributed by atoms with Gasteiger partial charge in [-0.05, 0) is 46.4 Å². The second-order valence-corrected chi connectivity index (χ2v) is 9.83. The summed E-state index contributed by atoms with van der Waals surface area (Å²) >= 11 is 21.2. The third-order valence-electron chi connectivity index (χ3n) is 4.65. The van der Waals surface area contributed by atoms with Crippen LogP contribution in [0.1, 0.15) is 25.7 Å². The van der Waals surface area contributed by atoms with E-state index in [0.717, 1.165) is 0 Å². The van der Waals surface area contributed by atoms with Crippen molar-refractivity contribution in [3.8, 4) is 0 Å². The van der Waals surface area contributed by atoms with Gasteiger partial charge in [-0.1, -0.05) is 0 Å². The van der Waals surface area contributed by atoms with Crippen molar-refractivity contribution in [2.45, 2.75) is 25.7 Å². The summed E-state index contributed by atoms with van der Waals surface area (Å²) in [6, 6.07) is 0. The molecule has 0 saturated heterocycles. The molecule has 230 valence electrons. The Morgan fingerprint density at radius 2 is 0.744 bits per heavy atom. The minimum absolute atomic E-state index is 0.0163. The molecule has 0 aliphatic heterocycles. The van der Waals surface area contributed by atoms with Gasteiger partial charge in [0.25, 0.3) is 0 Å². The molecule has 0 aromatic heterocycles. The van der Waals surface area contributed by atoms with Crippen molar-refractivity contribution >= 4 is 67.4 Å². The number of hydrogen-bond acceptors (Lipinski definition) is 12. The Labute approximate surface area is 248 Å². The molecule has 0 aliphatic carbocycles. The van der Waals surface area contributed by atoms with Gasteiger partial charge >= 0.3 is 0 Å². The van der Waals surface area contributed by atoms with Gasteiger partial charge < -0.3 is 34.3 Å². The number of ether oxygens (including phenoxy) is 4. The Morgan fingerprint density at radius 1 is 0.513 bits per heavy atom. The predicted octanol–water partition coefficient (Wildman–Crippen LogP) is 0.927. The van der Waals surface area contributed by atoms with E-state index in [1.807, 2.05) is 0 Å². The van der Waals surface area contributed by atoms with Crippen molar-refractivity contribution in [2.75, 3.05) is 92.3 Å². The van der Waals surface area contributed by atoms with E-state index in [9.17, 15) is 19.2 Å². The van der Waals surface area contributed by atoms with Crippen LogP contribution in [0.15, 0.2) is 0 Å². The lowest BCUT2D eigenvalue weighted by atomic mass is 9.92. The normalized spacial score (nSPS) is 11.3. The monoisotopic (exact) mass is 645 g/mol. The molecule has 0 spiro atoms. The maximum Gasteiger partial charge on any atom is 0.223 e. The van der Waals surface area contributed by atoms with E-state index in [1.54, 1.807) is 4.90 Å². The van der Waals surface area contributed by atoms with Crippen LogP contribution < -0.4 is 0 Å². The molecule has 0 fully saturated rings. The molecular weight excluding hydrogens is 608 g/mol. The van der Waals surface area contributed by atoms with E-state index in [0.29, 0.717) is 19.6 Å². The summed E-state index contributed by atoms with van der Waals surface area (Å²) in [6.07, 6.45) is 0.0653. The van der Waals surface area contributed by atoms with Crippen LogP contribution in [-0.2, 0) is 38.1 Å². The molecule has 12 nitrogen and oxygen atoms in total. The number of hydrogen-bond donors (Lipinski definition) is 3. The molecule has 0 saturated carbocycles. The fourth-order valence-corrected chi connectivity index (χ4v) is 3.08. The van der Waals surface area contributed by atoms with Gasteiger partial charge in [0.05, 0.1) is 78.1 Å². The van der Waals surface area contributed by atoms with Crippen LogP contribution in [0.3, 0.4) is 0 Å². The van der Waals surface area contributed by atoms with E-state index in [4.69, 9.17) is 80.7 Å². The summed E-state index contributed by atoms with van der Waals surface area (Å²) in [6.45, 7) is 2.31. The van der Waals surface area contributed by atoms with Gasteiger partial charge in [0.1, 0.15) is 0 Å². The first-order chi connectivity index (χ1) is 18.5. The number of aliphatic hydroxyl groups is 3. The van der Waals surface area contributed by atoms with Crippen molar-refractivity contribution in [2.24, 2.45) is 5.41 Å². The summed E-state index contributed by atoms with van der Waals surface area (Å²) in [4.78, 5) is 45.3. The maximum atomic E-state index is 10.9. The summed E-state index contributed by atoms with van der Waals surface area (Å²) in [5.41, 5.74) is -0.852. The highest BCUT2D eigenvalue weighted by Gasteiger charge is 2.33. The van der Waals surface area contributed by atoms with Gasteiger partial charge in [0.15, 0.2) is 0 Å². The molecule has 0 aromatic carbocycles. The zero-order valence-electron chi connectivity index (χ0n) is 21.8. The van der Waals surface area contributed by atoms with Crippen LogP contribution in [0.25, 0.3) is 0 Å². The molecule has 0 heterocycles. The Hall–Kier alpha value is -0.480. The zero-order chi connectivity index (χ0) is 29.9. The first-order valence-corrected chi connectivity index (χ1v) is 13.6. The van der Waals surface area contributed by atoms with Crippen molar-refractivity contribution in [1.29, 1.82) is 0 Å². The van der Waals surface area contributed by atoms with E-state index >= 15 is 0 Å². The van der Waals surface area contributed by atoms with Gasteiger partial charge in [-0.25, -0.2) is 0 Å². The van der Waals surface area contributed by atoms with Crippen LogP contribution in [0, 0.1) is 5.41 Å². The lowest BCUT2D eigenvalue weighted by Gasteiger charge is -2.33. The molecule has 0 aromatic rings. The van der Waals surface area contributed by atoms with Crippen molar-refractivity contribution < 1.29 is 53.4 Å². The molecule has 0 radical (unpaired) electrons. The first-order valence-electron chi connectivity index (χ1n) is 12.1. The number of rotatable bonds is 26. The van der Waals surface area contributed by atoms with Crippen LogP contribution in [0.5, 0.6) is 0 Å². The van der Waals surface area contributed by atoms with Gasteiger partial charge in [-0.3, -0.25) is 24.1 Å².